The summed E-state index contributed by atoms with van der Waals surface area (Å²) in [5, 5.41) is 32.8. The lowest BCUT2D eigenvalue weighted by molar-refractivity contribution is 0.113. The SMILES string of the molecule is CC/C(=N\N=C(/C)N(C)C1CC(C)(C)NC(C)(C)C1)c1ccc(/C(C=NC)=C(/C)C#N)cc1O. The first-order valence-electron chi connectivity index (χ1n) is 11.8. The predicted molar refractivity (Wildman–Crippen MR) is 143 cm³/mol. The van der Waals surface area contributed by atoms with Gasteiger partial charge in [0.15, 0.2) is 0 Å². The van der Waals surface area contributed by atoms with Crippen LogP contribution in [0.15, 0.2) is 39.0 Å². The lowest BCUT2D eigenvalue weighted by Gasteiger charge is -2.49. The van der Waals surface area contributed by atoms with Crippen molar-refractivity contribution < 1.29 is 5.11 Å². The Hall–Kier alpha value is -2.98. The average Bonchev–Trinajstić information content (AvgIpc) is 2.75. The van der Waals surface area contributed by atoms with Crippen LogP contribution < -0.4 is 5.32 Å². The predicted octanol–water partition coefficient (Wildman–Crippen LogP) is 5.16. The molecular formula is C27H40N6O. The standard InChI is InChI=1S/C27H40N6O/c1-10-24(22-12-11-20(13-25(22)34)23(17-29-8)18(2)16-28)31-30-19(3)33(9)21-14-26(4,5)32-27(6,7)15-21/h11-13,17,21,32,34H,10,14-15H2,1-9H3/b23-18-,29-17?,30-19+,31-24+. The van der Waals surface area contributed by atoms with Crippen LogP contribution in [0.3, 0.4) is 0 Å². The molecule has 2 rings (SSSR count). The summed E-state index contributed by atoms with van der Waals surface area (Å²) in [5.41, 5.74) is 3.39. The van der Waals surface area contributed by atoms with Crippen molar-refractivity contribution in [1.29, 1.82) is 5.26 Å². The van der Waals surface area contributed by atoms with Crippen LogP contribution in [0.5, 0.6) is 5.75 Å². The van der Waals surface area contributed by atoms with Gasteiger partial charge >= 0.3 is 0 Å². The lowest BCUT2D eigenvalue weighted by atomic mass is 9.79. The van der Waals surface area contributed by atoms with Gasteiger partial charge in [-0.2, -0.15) is 10.4 Å². The molecule has 0 bridgehead atoms. The topological polar surface area (TPSA) is 96.4 Å². The van der Waals surface area contributed by atoms with Gasteiger partial charge in [-0.05, 0) is 78.5 Å². The molecule has 1 aromatic carbocycles. The molecule has 7 heteroatoms. The van der Waals surface area contributed by atoms with Crippen molar-refractivity contribution in [2.45, 2.75) is 84.8 Å². The second-order valence-corrected chi connectivity index (χ2v) is 10.4. The van der Waals surface area contributed by atoms with Crippen molar-refractivity contribution in [2.75, 3.05) is 14.1 Å². The van der Waals surface area contributed by atoms with Crippen LogP contribution in [0, 0.1) is 11.3 Å². The lowest BCUT2D eigenvalue weighted by Crippen LogP contribution is -2.62. The normalized spacial score (nSPS) is 19.6. The summed E-state index contributed by atoms with van der Waals surface area (Å²) in [6, 6.07) is 7.87. The molecule has 1 aromatic rings. The highest BCUT2D eigenvalue weighted by atomic mass is 16.3. The van der Waals surface area contributed by atoms with Crippen LogP contribution in [0.2, 0.25) is 0 Å². The molecule has 1 aliphatic rings. The van der Waals surface area contributed by atoms with E-state index in [0.29, 0.717) is 34.9 Å². The molecule has 0 aliphatic carbocycles. The van der Waals surface area contributed by atoms with Crippen LogP contribution in [0.25, 0.3) is 5.57 Å². The van der Waals surface area contributed by atoms with Crippen molar-refractivity contribution >= 4 is 23.3 Å². The Kier molecular flexibility index (Phi) is 8.79. The van der Waals surface area contributed by atoms with E-state index in [1.807, 2.05) is 26.0 Å². The minimum atomic E-state index is 0.0476. The van der Waals surface area contributed by atoms with Gasteiger partial charge in [-0.15, -0.1) is 5.10 Å². The number of amidine groups is 1. The molecule has 2 N–H and O–H groups in total. The minimum absolute atomic E-state index is 0.0476. The number of aromatic hydroxyl groups is 1. The van der Waals surface area contributed by atoms with E-state index in [1.54, 1.807) is 26.3 Å². The number of benzene rings is 1. The molecule has 1 fully saturated rings. The number of hydrogen-bond donors (Lipinski definition) is 2. The van der Waals surface area contributed by atoms with Crippen LogP contribution in [0.1, 0.15) is 78.9 Å². The minimum Gasteiger partial charge on any atom is -0.507 e. The number of nitrogens with zero attached hydrogens (tertiary/aromatic N) is 5. The van der Waals surface area contributed by atoms with Crippen molar-refractivity contribution in [3.05, 3.63) is 34.9 Å². The summed E-state index contributed by atoms with van der Waals surface area (Å²) in [4.78, 5) is 6.26. The fourth-order valence-corrected chi connectivity index (χ4v) is 4.85. The van der Waals surface area contributed by atoms with E-state index >= 15 is 0 Å². The highest BCUT2D eigenvalue weighted by molar-refractivity contribution is 6.12. The number of phenolic OH excluding ortho intramolecular Hbond substituents is 1. The molecule has 0 unspecified atom stereocenters. The number of nitriles is 1. The average molecular weight is 465 g/mol. The molecule has 184 valence electrons. The van der Waals surface area contributed by atoms with Gasteiger partial charge < -0.3 is 15.3 Å². The van der Waals surface area contributed by atoms with E-state index in [2.05, 4.69) is 66.2 Å². The molecule has 1 saturated heterocycles. The molecule has 0 atom stereocenters. The number of hydrogen-bond acceptors (Lipinski definition) is 6. The summed E-state index contributed by atoms with van der Waals surface area (Å²) < 4.78 is 0. The number of phenols is 1. The Morgan fingerprint density at radius 2 is 1.82 bits per heavy atom. The van der Waals surface area contributed by atoms with Crippen molar-refractivity contribution in [3.8, 4) is 11.8 Å². The summed E-state index contributed by atoms with van der Waals surface area (Å²) in [7, 11) is 3.74. The van der Waals surface area contributed by atoms with E-state index < -0.39 is 0 Å². The van der Waals surface area contributed by atoms with Crippen LogP contribution >= 0.6 is 0 Å². The monoisotopic (exact) mass is 464 g/mol. The highest BCUT2D eigenvalue weighted by Gasteiger charge is 2.39. The third kappa shape index (κ3) is 6.77. The first-order valence-corrected chi connectivity index (χ1v) is 11.8. The van der Waals surface area contributed by atoms with Crippen LogP contribution in [-0.2, 0) is 0 Å². The van der Waals surface area contributed by atoms with Gasteiger partial charge in [-0.3, -0.25) is 4.99 Å². The maximum atomic E-state index is 10.8. The largest absolute Gasteiger partial charge is 0.507 e. The number of aliphatic imine (C=N–C) groups is 1. The third-order valence-corrected chi connectivity index (χ3v) is 6.33. The molecule has 7 nitrogen and oxygen atoms in total. The Labute approximate surface area is 205 Å². The van der Waals surface area contributed by atoms with Crippen LogP contribution in [0.4, 0.5) is 0 Å². The Morgan fingerprint density at radius 1 is 1.21 bits per heavy atom. The molecule has 1 aliphatic heterocycles. The molecule has 0 aromatic heterocycles. The van der Waals surface area contributed by atoms with Gasteiger partial charge in [-0.25, -0.2) is 0 Å². The van der Waals surface area contributed by atoms with Gasteiger partial charge in [-0.1, -0.05) is 13.0 Å². The molecule has 1 heterocycles. The Balaban J connectivity index is 2.33. The molecule has 0 amide bonds. The summed E-state index contributed by atoms with van der Waals surface area (Å²) in [6.45, 7) is 14.7. The zero-order chi connectivity index (χ0) is 25.7. The van der Waals surface area contributed by atoms with Gasteiger partial charge in [0.25, 0.3) is 0 Å². The van der Waals surface area contributed by atoms with E-state index in [1.165, 1.54) is 0 Å². The van der Waals surface area contributed by atoms with E-state index in [-0.39, 0.29) is 16.8 Å². The van der Waals surface area contributed by atoms with Gasteiger partial charge in [0.2, 0.25) is 0 Å². The maximum absolute atomic E-state index is 10.8. The third-order valence-electron chi connectivity index (χ3n) is 6.33. The fraction of sp³-hybridized carbons (Fsp3) is 0.556. The van der Waals surface area contributed by atoms with E-state index in [0.717, 1.165) is 24.2 Å². The zero-order valence-electron chi connectivity index (χ0n) is 22.2. The molecule has 0 spiro atoms. The fourth-order valence-electron chi connectivity index (χ4n) is 4.85. The van der Waals surface area contributed by atoms with Gasteiger partial charge in [0.05, 0.1) is 11.8 Å². The first kappa shape index (κ1) is 27.3. The molecule has 34 heavy (non-hydrogen) atoms. The zero-order valence-corrected chi connectivity index (χ0v) is 22.2. The number of piperidine rings is 1. The van der Waals surface area contributed by atoms with E-state index in [4.69, 9.17) is 0 Å². The van der Waals surface area contributed by atoms with Gasteiger partial charge in [0, 0.05) is 54.1 Å². The van der Waals surface area contributed by atoms with Crippen molar-refractivity contribution in [2.24, 2.45) is 15.2 Å². The quantitative estimate of drug-likeness (QED) is 0.263. The molecular weight excluding hydrogens is 424 g/mol. The van der Waals surface area contributed by atoms with Crippen molar-refractivity contribution in [3.63, 3.8) is 0 Å². The van der Waals surface area contributed by atoms with E-state index in [9.17, 15) is 10.4 Å². The first-order chi connectivity index (χ1) is 15.8. The summed E-state index contributed by atoms with van der Waals surface area (Å²) in [5.74, 6) is 0.948. The Morgan fingerprint density at radius 3 is 2.32 bits per heavy atom. The van der Waals surface area contributed by atoms with Gasteiger partial charge in [0.1, 0.15) is 11.6 Å². The number of rotatable bonds is 6. The maximum Gasteiger partial charge on any atom is 0.125 e. The number of allylic oxidation sites excluding steroid dienone is 2. The number of nitrogens with one attached hydrogen (secondary N) is 1. The summed E-state index contributed by atoms with van der Waals surface area (Å²) >= 11 is 0. The van der Waals surface area contributed by atoms with Crippen LogP contribution in [-0.4, -0.2) is 59.0 Å². The van der Waals surface area contributed by atoms with Crippen molar-refractivity contribution in [1.82, 2.24) is 10.2 Å². The second kappa shape index (κ2) is 11.0. The Bertz CT molecular complexity index is 1040. The molecule has 0 saturated carbocycles. The summed E-state index contributed by atoms with van der Waals surface area (Å²) in [6.07, 6.45) is 4.29. The highest BCUT2D eigenvalue weighted by Crippen LogP contribution is 2.31. The smallest absolute Gasteiger partial charge is 0.125 e. The second-order valence-electron chi connectivity index (χ2n) is 10.4. The molecule has 0 radical (unpaired) electrons.